The molecule has 1 saturated heterocycles. The number of aryl methyl sites for hydroxylation is 1. The number of amides is 2. The van der Waals surface area contributed by atoms with Crippen molar-refractivity contribution in [3.8, 4) is 0 Å². The van der Waals surface area contributed by atoms with E-state index in [1.54, 1.807) is 12.3 Å². The lowest BCUT2D eigenvalue weighted by Crippen LogP contribution is -2.44. The molecule has 29 heavy (non-hydrogen) atoms. The first-order valence-corrected chi connectivity index (χ1v) is 9.89. The maximum atomic E-state index is 12.6. The van der Waals surface area contributed by atoms with Crippen LogP contribution in [-0.2, 0) is 25.7 Å². The zero-order valence-electron chi connectivity index (χ0n) is 16.5. The van der Waals surface area contributed by atoms with Gasteiger partial charge in [0.05, 0.1) is 17.5 Å². The van der Waals surface area contributed by atoms with Crippen LogP contribution in [-0.4, -0.2) is 38.1 Å². The lowest BCUT2D eigenvalue weighted by atomic mass is 9.81. The van der Waals surface area contributed by atoms with Crippen LogP contribution >= 0.6 is 0 Å². The Labute approximate surface area is 167 Å². The summed E-state index contributed by atoms with van der Waals surface area (Å²) in [6, 6.07) is 3.87. The fourth-order valence-electron chi connectivity index (χ4n) is 4.27. The number of nitrogens with zero attached hydrogens (tertiary/aromatic N) is 3. The van der Waals surface area contributed by atoms with E-state index in [0.717, 1.165) is 23.3 Å². The molecular formula is C21H23N3O5. The van der Waals surface area contributed by atoms with E-state index in [-0.39, 0.29) is 35.8 Å². The summed E-state index contributed by atoms with van der Waals surface area (Å²) in [4.78, 5) is 55.4. The molecule has 3 unspecified atom stereocenters. The van der Waals surface area contributed by atoms with Gasteiger partial charge in [-0.2, -0.15) is 0 Å². The van der Waals surface area contributed by atoms with Crippen molar-refractivity contribution < 1.29 is 19.1 Å². The van der Waals surface area contributed by atoms with Gasteiger partial charge in [0.2, 0.25) is 11.8 Å². The number of carbonyl (C=O) groups excluding carboxylic acids is 3. The average molecular weight is 397 g/mol. The number of ether oxygens (including phenoxy) is 1. The number of rotatable bonds is 4. The summed E-state index contributed by atoms with van der Waals surface area (Å²) in [5, 5.41) is 0. The van der Waals surface area contributed by atoms with Crippen LogP contribution in [0.3, 0.4) is 0 Å². The van der Waals surface area contributed by atoms with E-state index in [1.165, 1.54) is 17.4 Å². The Morgan fingerprint density at radius 1 is 1.17 bits per heavy atom. The van der Waals surface area contributed by atoms with E-state index in [1.807, 2.05) is 13.0 Å². The average Bonchev–Trinajstić information content (AvgIpc) is 2.97. The molecule has 4 rings (SSSR count). The molecule has 0 radical (unpaired) electrons. The molecule has 2 amide bonds. The topological polar surface area (TPSA) is 98.0 Å². The predicted octanol–water partition coefficient (Wildman–Crippen LogP) is 1.61. The number of esters is 1. The SMILES string of the molecule is Cc1ccc2nc(COC(=O)C(C)N3C(=O)C4CCCCC4C3=O)cc(=O)n2c1. The van der Waals surface area contributed by atoms with Gasteiger partial charge in [0, 0.05) is 12.3 Å². The third kappa shape index (κ3) is 3.43. The van der Waals surface area contributed by atoms with E-state index >= 15 is 0 Å². The quantitative estimate of drug-likeness (QED) is 0.574. The maximum absolute atomic E-state index is 12.6. The first-order chi connectivity index (χ1) is 13.9. The van der Waals surface area contributed by atoms with Crippen LogP contribution in [0.25, 0.3) is 5.65 Å². The minimum Gasteiger partial charge on any atom is -0.458 e. The Morgan fingerprint density at radius 2 is 1.83 bits per heavy atom. The standard InChI is InChI=1S/C21H23N3O5/c1-12-7-8-17-22-14(9-18(25)23(17)10-12)11-29-21(28)13(2)24-19(26)15-5-3-4-6-16(15)20(24)27/h7-10,13,15-16H,3-6,11H2,1-2H3. The van der Waals surface area contributed by atoms with Gasteiger partial charge in [0.15, 0.2) is 0 Å². The Balaban J connectivity index is 1.46. The van der Waals surface area contributed by atoms with Gasteiger partial charge in [-0.05, 0) is 38.3 Å². The van der Waals surface area contributed by atoms with E-state index in [2.05, 4.69) is 4.98 Å². The highest BCUT2D eigenvalue weighted by Crippen LogP contribution is 2.38. The number of imide groups is 1. The lowest BCUT2D eigenvalue weighted by Gasteiger charge is -2.21. The molecule has 0 aromatic carbocycles. The van der Waals surface area contributed by atoms with Gasteiger partial charge < -0.3 is 4.74 Å². The van der Waals surface area contributed by atoms with Crippen molar-refractivity contribution in [1.29, 1.82) is 0 Å². The third-order valence-electron chi connectivity index (χ3n) is 5.83. The number of carbonyl (C=O) groups is 3. The maximum Gasteiger partial charge on any atom is 0.329 e. The monoisotopic (exact) mass is 397 g/mol. The molecule has 3 atom stereocenters. The largest absolute Gasteiger partial charge is 0.458 e. The summed E-state index contributed by atoms with van der Waals surface area (Å²) in [6.07, 6.45) is 4.92. The smallest absolute Gasteiger partial charge is 0.329 e. The van der Waals surface area contributed by atoms with Crippen LogP contribution in [0.5, 0.6) is 0 Å². The zero-order valence-corrected chi connectivity index (χ0v) is 16.5. The lowest BCUT2D eigenvalue weighted by molar-refractivity contribution is -0.159. The summed E-state index contributed by atoms with van der Waals surface area (Å²) in [6.45, 7) is 3.17. The number of hydrogen-bond acceptors (Lipinski definition) is 6. The third-order valence-corrected chi connectivity index (χ3v) is 5.83. The summed E-state index contributed by atoms with van der Waals surface area (Å²) in [5.41, 5.74) is 1.42. The zero-order chi connectivity index (χ0) is 20.7. The van der Waals surface area contributed by atoms with Gasteiger partial charge in [-0.15, -0.1) is 0 Å². The first kappa shape index (κ1) is 19.3. The van der Waals surface area contributed by atoms with Crippen molar-refractivity contribution >= 4 is 23.4 Å². The number of fused-ring (bicyclic) bond motifs is 2. The van der Waals surface area contributed by atoms with Crippen molar-refractivity contribution in [2.45, 2.75) is 52.2 Å². The molecule has 2 aromatic heterocycles. The molecule has 2 fully saturated rings. The Morgan fingerprint density at radius 3 is 2.48 bits per heavy atom. The highest BCUT2D eigenvalue weighted by atomic mass is 16.5. The van der Waals surface area contributed by atoms with E-state index in [9.17, 15) is 19.2 Å². The van der Waals surface area contributed by atoms with Crippen LogP contribution in [0.15, 0.2) is 29.2 Å². The van der Waals surface area contributed by atoms with Crippen LogP contribution < -0.4 is 5.56 Å². The molecule has 8 heteroatoms. The molecule has 0 N–H and O–H groups in total. The van der Waals surface area contributed by atoms with E-state index < -0.39 is 12.0 Å². The van der Waals surface area contributed by atoms with Crippen LogP contribution in [0.2, 0.25) is 0 Å². The van der Waals surface area contributed by atoms with Crippen LogP contribution in [0.4, 0.5) is 0 Å². The molecule has 1 aliphatic carbocycles. The van der Waals surface area contributed by atoms with Gasteiger partial charge >= 0.3 is 5.97 Å². The molecule has 8 nitrogen and oxygen atoms in total. The number of likely N-dealkylation sites (tertiary alicyclic amines) is 1. The predicted molar refractivity (Wildman–Crippen MR) is 103 cm³/mol. The molecule has 1 saturated carbocycles. The minimum atomic E-state index is -0.996. The molecule has 0 spiro atoms. The van der Waals surface area contributed by atoms with E-state index in [4.69, 9.17) is 4.74 Å². The Kier molecular flexibility index (Phi) is 4.94. The van der Waals surface area contributed by atoms with Gasteiger partial charge in [-0.3, -0.25) is 23.7 Å². The van der Waals surface area contributed by atoms with Crippen LogP contribution in [0, 0.1) is 18.8 Å². The van der Waals surface area contributed by atoms with Crippen LogP contribution in [0.1, 0.15) is 43.9 Å². The molecule has 2 aromatic rings. The van der Waals surface area contributed by atoms with Gasteiger partial charge in [-0.25, -0.2) is 9.78 Å². The van der Waals surface area contributed by atoms with Gasteiger partial charge in [0.25, 0.3) is 5.56 Å². The second-order valence-corrected chi connectivity index (χ2v) is 7.85. The normalized spacial score (nSPS) is 22.6. The summed E-state index contributed by atoms with van der Waals surface area (Å²) < 4.78 is 6.71. The molecule has 3 heterocycles. The van der Waals surface area contributed by atoms with Crippen molar-refractivity contribution in [3.05, 3.63) is 46.0 Å². The minimum absolute atomic E-state index is 0.203. The molecule has 1 aliphatic heterocycles. The van der Waals surface area contributed by atoms with E-state index in [0.29, 0.717) is 24.2 Å². The number of aromatic nitrogens is 2. The number of hydrogen-bond donors (Lipinski definition) is 0. The van der Waals surface area contributed by atoms with Gasteiger partial charge in [-0.1, -0.05) is 18.9 Å². The van der Waals surface area contributed by atoms with Crippen molar-refractivity contribution in [2.75, 3.05) is 0 Å². The van der Waals surface area contributed by atoms with Crippen molar-refractivity contribution in [3.63, 3.8) is 0 Å². The molecular weight excluding hydrogens is 374 g/mol. The van der Waals surface area contributed by atoms with Crippen molar-refractivity contribution in [2.24, 2.45) is 11.8 Å². The molecule has 2 aliphatic rings. The number of pyridine rings is 1. The fraction of sp³-hybridized carbons (Fsp3) is 0.476. The summed E-state index contributed by atoms with van der Waals surface area (Å²) >= 11 is 0. The highest BCUT2D eigenvalue weighted by molar-refractivity contribution is 6.07. The fourth-order valence-corrected chi connectivity index (χ4v) is 4.27. The Bertz CT molecular complexity index is 1040. The molecule has 0 bridgehead atoms. The second-order valence-electron chi connectivity index (χ2n) is 7.85. The summed E-state index contributed by atoms with van der Waals surface area (Å²) in [7, 11) is 0. The highest BCUT2D eigenvalue weighted by Gasteiger charge is 2.51. The van der Waals surface area contributed by atoms with Gasteiger partial charge in [0.1, 0.15) is 18.3 Å². The summed E-state index contributed by atoms with van der Waals surface area (Å²) in [5.74, 6) is -1.85. The Hall–Kier alpha value is -3.03. The first-order valence-electron chi connectivity index (χ1n) is 9.89. The second kappa shape index (κ2) is 7.42. The van der Waals surface area contributed by atoms with Crippen molar-refractivity contribution in [1.82, 2.24) is 14.3 Å². The molecule has 152 valence electrons.